The predicted molar refractivity (Wildman–Crippen MR) is 335 cm³/mol. The van der Waals surface area contributed by atoms with Crippen LogP contribution in [0.25, 0.3) is 0 Å². The first-order valence-corrected chi connectivity index (χ1v) is 34.9. The van der Waals surface area contributed by atoms with E-state index in [1.807, 2.05) is 33.3 Å². The molecular formula is C68H129N2O7P. The van der Waals surface area contributed by atoms with Crippen LogP contribution in [0.5, 0.6) is 0 Å². The Morgan fingerprint density at radius 3 is 1.21 bits per heavy atom. The van der Waals surface area contributed by atoms with Gasteiger partial charge in [0.2, 0.25) is 5.91 Å². The Morgan fingerprint density at radius 2 is 0.782 bits per heavy atom. The lowest BCUT2D eigenvalue weighted by Gasteiger charge is -2.30. The van der Waals surface area contributed by atoms with Gasteiger partial charge in [-0.05, 0) is 89.5 Å². The summed E-state index contributed by atoms with van der Waals surface area (Å²) in [6.07, 6.45) is 72.3. The number of nitrogens with zero attached hydrogens (tertiary/aromatic N) is 1. The van der Waals surface area contributed by atoms with Gasteiger partial charge in [0.1, 0.15) is 19.3 Å². The average Bonchev–Trinajstić information content (AvgIpc) is 3.40. The fourth-order valence-electron chi connectivity index (χ4n) is 9.78. The predicted octanol–water partition coefficient (Wildman–Crippen LogP) is 20.2. The van der Waals surface area contributed by atoms with Gasteiger partial charge in [0.15, 0.2) is 0 Å². The number of likely N-dealkylation sites (N-methyl/N-ethyl adjacent to an activating group) is 1. The monoisotopic (exact) mass is 1120 g/mol. The van der Waals surface area contributed by atoms with E-state index in [9.17, 15) is 19.0 Å². The van der Waals surface area contributed by atoms with E-state index >= 15 is 0 Å². The zero-order chi connectivity index (χ0) is 57.2. The van der Waals surface area contributed by atoms with Gasteiger partial charge in [-0.15, -0.1) is 0 Å². The van der Waals surface area contributed by atoms with Crippen LogP contribution in [0, 0.1) is 0 Å². The van der Waals surface area contributed by atoms with Gasteiger partial charge < -0.3 is 28.5 Å². The van der Waals surface area contributed by atoms with Gasteiger partial charge in [0.05, 0.1) is 33.8 Å². The number of carbonyl (C=O) groups is 2. The van der Waals surface area contributed by atoms with Crippen molar-refractivity contribution in [3.05, 3.63) is 48.6 Å². The molecule has 0 aromatic carbocycles. The van der Waals surface area contributed by atoms with Crippen LogP contribution in [-0.2, 0) is 27.9 Å². The summed E-state index contributed by atoms with van der Waals surface area (Å²) in [4.78, 5) is 40.0. The molecule has 0 fully saturated rings. The van der Waals surface area contributed by atoms with Crippen molar-refractivity contribution in [2.45, 2.75) is 335 Å². The van der Waals surface area contributed by atoms with Crippen molar-refractivity contribution in [1.29, 1.82) is 0 Å². The van der Waals surface area contributed by atoms with Crippen LogP contribution in [0.15, 0.2) is 48.6 Å². The molecule has 0 aromatic heterocycles. The molecule has 0 spiro atoms. The Labute approximate surface area is 484 Å². The molecule has 0 aliphatic heterocycles. The molecule has 10 heteroatoms. The van der Waals surface area contributed by atoms with Crippen LogP contribution in [0.3, 0.4) is 0 Å². The fourth-order valence-corrected chi connectivity index (χ4v) is 10.5. The summed E-state index contributed by atoms with van der Waals surface area (Å²) in [5.41, 5.74) is 0. The number of nitrogens with one attached hydrogen (secondary N) is 1. The van der Waals surface area contributed by atoms with Crippen molar-refractivity contribution in [1.82, 2.24) is 5.32 Å². The fraction of sp³-hybridized carbons (Fsp3) is 0.853. The molecule has 458 valence electrons. The number of rotatable bonds is 61. The zero-order valence-electron chi connectivity index (χ0n) is 52.4. The number of unbranched alkanes of at least 4 members (excludes halogenated alkanes) is 39. The third-order valence-corrected chi connectivity index (χ3v) is 15.9. The lowest BCUT2D eigenvalue weighted by Crippen LogP contribution is -2.47. The normalized spacial score (nSPS) is 13.9. The molecule has 0 rings (SSSR count). The highest BCUT2D eigenvalue weighted by Gasteiger charge is 2.27. The highest BCUT2D eigenvalue weighted by Crippen LogP contribution is 2.38. The lowest BCUT2D eigenvalue weighted by atomic mass is 10.0. The summed E-state index contributed by atoms with van der Waals surface area (Å²) >= 11 is 0. The Kier molecular flexibility index (Phi) is 56.7. The number of amides is 1. The highest BCUT2D eigenvalue weighted by molar-refractivity contribution is 7.45. The van der Waals surface area contributed by atoms with Gasteiger partial charge in [0.25, 0.3) is 7.82 Å². The molecule has 9 nitrogen and oxygen atoms in total. The van der Waals surface area contributed by atoms with E-state index in [0.717, 1.165) is 77.0 Å². The molecule has 1 N–H and O–H groups in total. The summed E-state index contributed by atoms with van der Waals surface area (Å²) < 4.78 is 30.4. The number of ether oxygens (including phenoxy) is 1. The molecule has 78 heavy (non-hydrogen) atoms. The van der Waals surface area contributed by atoms with E-state index in [2.05, 4.69) is 62.5 Å². The third-order valence-electron chi connectivity index (χ3n) is 15.0. The van der Waals surface area contributed by atoms with Gasteiger partial charge in [-0.1, -0.05) is 269 Å². The van der Waals surface area contributed by atoms with Crippen LogP contribution in [0.1, 0.15) is 323 Å². The van der Waals surface area contributed by atoms with Crippen molar-refractivity contribution < 1.29 is 37.3 Å². The number of esters is 1. The maximum atomic E-state index is 13.5. The van der Waals surface area contributed by atoms with E-state index < -0.39 is 20.0 Å². The van der Waals surface area contributed by atoms with Gasteiger partial charge in [-0.3, -0.25) is 14.2 Å². The Hall–Kier alpha value is -2.03. The number of phosphoric acid groups is 1. The molecule has 0 saturated carbocycles. The Morgan fingerprint density at radius 1 is 0.449 bits per heavy atom. The first kappa shape index (κ1) is 76.0. The summed E-state index contributed by atoms with van der Waals surface area (Å²) in [6.45, 7) is 6.84. The van der Waals surface area contributed by atoms with E-state index in [1.54, 1.807) is 0 Å². The van der Waals surface area contributed by atoms with E-state index in [1.165, 1.54) is 212 Å². The second-order valence-corrected chi connectivity index (χ2v) is 25.4. The molecule has 0 aliphatic carbocycles. The van der Waals surface area contributed by atoms with Crippen LogP contribution in [0.2, 0.25) is 0 Å². The second-order valence-electron chi connectivity index (χ2n) is 24.0. The molecule has 3 unspecified atom stereocenters. The quantitative estimate of drug-likeness (QED) is 0.0212. The minimum absolute atomic E-state index is 0.0219. The molecular weight excluding hydrogens is 988 g/mol. The maximum absolute atomic E-state index is 13.5. The van der Waals surface area contributed by atoms with E-state index in [4.69, 9.17) is 13.8 Å². The number of carbonyl (C=O) groups excluding carboxylic acids is 2. The number of quaternary nitrogens is 1. The molecule has 0 bridgehead atoms. The average molecular weight is 1120 g/mol. The summed E-state index contributed by atoms with van der Waals surface area (Å²) in [6, 6.07) is -0.889. The first-order valence-electron chi connectivity index (χ1n) is 33.4. The van der Waals surface area contributed by atoms with Crippen LogP contribution < -0.4 is 10.2 Å². The number of hydrogen-bond donors (Lipinski definition) is 1. The van der Waals surface area contributed by atoms with Gasteiger partial charge in [0, 0.05) is 12.8 Å². The Bertz CT molecular complexity index is 1470. The lowest BCUT2D eigenvalue weighted by molar-refractivity contribution is -0.870. The molecule has 0 aliphatic rings. The maximum Gasteiger partial charge on any atom is 0.306 e. The van der Waals surface area contributed by atoms with Crippen molar-refractivity contribution in [2.24, 2.45) is 0 Å². The van der Waals surface area contributed by atoms with Crippen molar-refractivity contribution in [3.8, 4) is 0 Å². The zero-order valence-corrected chi connectivity index (χ0v) is 53.3. The molecule has 1 amide bonds. The molecule has 0 heterocycles. The Balaban J connectivity index is 5.07. The van der Waals surface area contributed by atoms with Crippen LogP contribution >= 0.6 is 7.82 Å². The van der Waals surface area contributed by atoms with Crippen LogP contribution in [-0.4, -0.2) is 69.4 Å². The SMILES string of the molecule is CCCCC/C=C\C/C=C\CCCCCCCCCCCCCCCCCC(=O)OC(/C=C\CCCCCCCCCCCC)C(COP(=O)([O-])OCC[N+](C)(C)C)NC(=O)CCCCCCCCC/C=C\CCCCCC. The van der Waals surface area contributed by atoms with Crippen molar-refractivity contribution in [3.63, 3.8) is 0 Å². The number of hydrogen-bond acceptors (Lipinski definition) is 7. The van der Waals surface area contributed by atoms with Crippen molar-refractivity contribution in [2.75, 3.05) is 40.9 Å². The first-order chi connectivity index (χ1) is 37.9. The summed E-state index contributed by atoms with van der Waals surface area (Å²) in [5, 5.41) is 3.03. The molecule has 0 aromatic rings. The number of phosphoric ester groups is 1. The third kappa shape index (κ3) is 58.6. The van der Waals surface area contributed by atoms with Crippen molar-refractivity contribution >= 4 is 19.7 Å². The number of allylic oxidation sites excluding steroid dienone is 7. The highest BCUT2D eigenvalue weighted by atomic mass is 31.2. The largest absolute Gasteiger partial charge is 0.756 e. The summed E-state index contributed by atoms with van der Waals surface area (Å²) in [5.74, 6) is -0.534. The van der Waals surface area contributed by atoms with Gasteiger partial charge in [-0.25, -0.2) is 0 Å². The molecule has 0 radical (unpaired) electrons. The van der Waals surface area contributed by atoms with E-state index in [-0.39, 0.29) is 31.5 Å². The topological polar surface area (TPSA) is 114 Å². The van der Waals surface area contributed by atoms with Gasteiger partial charge in [-0.2, -0.15) is 0 Å². The van der Waals surface area contributed by atoms with Crippen LogP contribution in [0.4, 0.5) is 0 Å². The van der Waals surface area contributed by atoms with E-state index in [0.29, 0.717) is 17.4 Å². The minimum Gasteiger partial charge on any atom is -0.756 e. The second kappa shape index (κ2) is 58.2. The smallest absolute Gasteiger partial charge is 0.306 e. The summed E-state index contributed by atoms with van der Waals surface area (Å²) in [7, 11) is 1.19. The molecule has 3 atom stereocenters. The molecule has 0 saturated heterocycles. The minimum atomic E-state index is -4.70. The standard InChI is InChI=1S/C68H129N2O7P/c1-7-10-13-16-19-22-25-28-30-31-32-33-34-35-36-37-38-39-41-43-46-49-52-55-58-61-68(72)77-66(59-56-53-50-47-44-27-24-21-18-15-12-9-3)65(64-76-78(73,74)75-63-62-70(4,5)6)69-67(71)60-57-54-51-48-45-42-40-29-26-23-20-17-14-11-8-2/h19,22-23,26,28,30,56,59,65-66H,7-18,20-21,24-25,27,29,31-55,57-58,60-64H2,1-6H3,(H-,69,71,73,74)/b22-19-,26-23-,30-28-,59-56-. The van der Waals surface area contributed by atoms with Gasteiger partial charge >= 0.3 is 5.97 Å².